The molecule has 21 heavy (non-hydrogen) atoms. The Morgan fingerprint density at radius 2 is 1.90 bits per heavy atom. The number of benzene rings is 2. The van der Waals surface area contributed by atoms with Gasteiger partial charge in [0.05, 0.1) is 18.1 Å². The van der Waals surface area contributed by atoms with Crippen LogP contribution in [0, 0.1) is 0 Å². The number of imidazole rings is 1. The van der Waals surface area contributed by atoms with E-state index in [0.29, 0.717) is 0 Å². The van der Waals surface area contributed by atoms with Gasteiger partial charge in [-0.05, 0) is 36.8 Å². The van der Waals surface area contributed by atoms with E-state index >= 15 is 0 Å². The number of ether oxygens (including phenoxy) is 1. The Labute approximate surface area is 122 Å². The van der Waals surface area contributed by atoms with E-state index in [2.05, 4.69) is 22.2 Å². The highest BCUT2D eigenvalue weighted by atomic mass is 16.5. The van der Waals surface area contributed by atoms with Crippen LogP contribution in [0.1, 0.15) is 18.5 Å². The molecule has 0 bridgehead atoms. The smallest absolute Gasteiger partial charge is 0.323 e. The van der Waals surface area contributed by atoms with Crippen molar-refractivity contribution in [3.63, 3.8) is 0 Å². The number of fused-ring (bicyclic) bond motifs is 1. The number of aromatic nitrogens is 2. The average molecular weight is 283 g/mol. The Kier molecular flexibility index (Phi) is 3.39. The summed E-state index contributed by atoms with van der Waals surface area (Å²) in [6.07, 6.45) is 0. The van der Waals surface area contributed by atoms with Gasteiger partial charge in [-0.15, -0.1) is 0 Å². The molecule has 0 aliphatic heterocycles. The van der Waals surface area contributed by atoms with Crippen molar-refractivity contribution in [3.8, 4) is 5.75 Å². The Morgan fingerprint density at radius 3 is 2.71 bits per heavy atom. The van der Waals surface area contributed by atoms with Crippen molar-refractivity contribution < 1.29 is 4.74 Å². The van der Waals surface area contributed by atoms with Gasteiger partial charge in [0.15, 0.2) is 0 Å². The number of nitrogens with one attached hydrogen (secondary N) is 3. The number of H-pyrrole nitrogens is 2. The largest absolute Gasteiger partial charge is 0.497 e. The molecule has 0 saturated carbocycles. The van der Waals surface area contributed by atoms with Crippen LogP contribution in [0.2, 0.25) is 0 Å². The molecule has 0 amide bonds. The number of anilines is 1. The summed E-state index contributed by atoms with van der Waals surface area (Å²) in [6.45, 7) is 2.07. The first-order valence-electron chi connectivity index (χ1n) is 6.78. The van der Waals surface area contributed by atoms with Crippen LogP contribution in [-0.4, -0.2) is 17.1 Å². The lowest BCUT2D eigenvalue weighted by Gasteiger charge is -2.16. The molecule has 1 unspecified atom stereocenters. The molecule has 108 valence electrons. The van der Waals surface area contributed by atoms with Crippen LogP contribution in [-0.2, 0) is 0 Å². The van der Waals surface area contributed by atoms with Gasteiger partial charge in [0.2, 0.25) is 0 Å². The number of aromatic amines is 2. The third-order valence-corrected chi connectivity index (χ3v) is 3.49. The second-order valence-electron chi connectivity index (χ2n) is 4.98. The first-order chi connectivity index (χ1) is 10.2. The second kappa shape index (κ2) is 5.36. The Hall–Kier alpha value is -2.69. The summed E-state index contributed by atoms with van der Waals surface area (Å²) in [7, 11) is 1.65. The standard InChI is InChI=1S/C16H17N3O2/c1-10(17-12-4-3-5-13(9-12)21-2)11-6-7-14-15(8-11)19-16(20)18-14/h3-10,17H,1-2H3,(H2,18,19,20). The van der Waals surface area contributed by atoms with E-state index in [1.807, 2.05) is 42.5 Å². The van der Waals surface area contributed by atoms with E-state index < -0.39 is 0 Å². The maximum atomic E-state index is 11.3. The molecule has 0 saturated heterocycles. The normalized spacial score (nSPS) is 12.3. The van der Waals surface area contributed by atoms with Gasteiger partial charge in [0.1, 0.15) is 5.75 Å². The van der Waals surface area contributed by atoms with Crippen molar-refractivity contribution in [1.29, 1.82) is 0 Å². The molecular formula is C16H17N3O2. The van der Waals surface area contributed by atoms with Crippen LogP contribution in [0.25, 0.3) is 11.0 Å². The van der Waals surface area contributed by atoms with Crippen molar-refractivity contribution in [2.75, 3.05) is 12.4 Å². The molecular weight excluding hydrogens is 266 g/mol. The van der Waals surface area contributed by atoms with Crippen LogP contribution >= 0.6 is 0 Å². The zero-order valence-corrected chi connectivity index (χ0v) is 11.9. The number of hydrogen-bond donors (Lipinski definition) is 3. The summed E-state index contributed by atoms with van der Waals surface area (Å²) in [5.41, 5.74) is 3.54. The van der Waals surface area contributed by atoms with Crippen molar-refractivity contribution in [3.05, 3.63) is 58.5 Å². The molecule has 5 nitrogen and oxygen atoms in total. The fraction of sp³-hybridized carbons (Fsp3) is 0.188. The lowest BCUT2D eigenvalue weighted by Crippen LogP contribution is -2.06. The maximum absolute atomic E-state index is 11.3. The van der Waals surface area contributed by atoms with E-state index in [0.717, 1.165) is 28.0 Å². The summed E-state index contributed by atoms with van der Waals surface area (Å²) in [6, 6.07) is 13.8. The van der Waals surface area contributed by atoms with Gasteiger partial charge >= 0.3 is 5.69 Å². The molecule has 0 radical (unpaired) electrons. The van der Waals surface area contributed by atoms with Crippen LogP contribution in [0.15, 0.2) is 47.3 Å². The molecule has 0 aliphatic carbocycles. The second-order valence-corrected chi connectivity index (χ2v) is 4.98. The fourth-order valence-corrected chi connectivity index (χ4v) is 2.37. The van der Waals surface area contributed by atoms with Gasteiger partial charge in [-0.2, -0.15) is 0 Å². The zero-order chi connectivity index (χ0) is 14.8. The molecule has 5 heteroatoms. The predicted molar refractivity (Wildman–Crippen MR) is 84.0 cm³/mol. The van der Waals surface area contributed by atoms with E-state index in [1.165, 1.54) is 0 Å². The molecule has 2 aromatic carbocycles. The first kappa shape index (κ1) is 13.3. The molecule has 0 spiro atoms. The molecule has 1 aromatic heterocycles. The van der Waals surface area contributed by atoms with Gasteiger partial charge < -0.3 is 20.0 Å². The minimum atomic E-state index is -0.185. The molecule has 1 atom stereocenters. The minimum absolute atomic E-state index is 0.111. The molecule has 1 heterocycles. The Bertz CT molecular complexity index is 820. The first-order valence-corrected chi connectivity index (χ1v) is 6.78. The summed E-state index contributed by atoms with van der Waals surface area (Å²) < 4.78 is 5.22. The van der Waals surface area contributed by atoms with Gasteiger partial charge in [-0.1, -0.05) is 12.1 Å². The highest BCUT2D eigenvalue weighted by Gasteiger charge is 2.08. The van der Waals surface area contributed by atoms with Crippen LogP contribution in [0.4, 0.5) is 5.69 Å². The van der Waals surface area contributed by atoms with Crippen molar-refractivity contribution >= 4 is 16.7 Å². The summed E-state index contributed by atoms with van der Waals surface area (Å²) in [5.74, 6) is 0.817. The lowest BCUT2D eigenvalue weighted by molar-refractivity contribution is 0.415. The fourth-order valence-electron chi connectivity index (χ4n) is 2.37. The minimum Gasteiger partial charge on any atom is -0.497 e. The van der Waals surface area contributed by atoms with E-state index in [9.17, 15) is 4.79 Å². The Balaban J connectivity index is 1.85. The maximum Gasteiger partial charge on any atom is 0.323 e. The summed E-state index contributed by atoms with van der Waals surface area (Å²) >= 11 is 0. The van der Waals surface area contributed by atoms with Crippen molar-refractivity contribution in [2.24, 2.45) is 0 Å². The van der Waals surface area contributed by atoms with Crippen LogP contribution < -0.4 is 15.7 Å². The Morgan fingerprint density at radius 1 is 1.10 bits per heavy atom. The number of methoxy groups -OCH3 is 1. The zero-order valence-electron chi connectivity index (χ0n) is 11.9. The van der Waals surface area contributed by atoms with Gasteiger partial charge in [-0.25, -0.2) is 4.79 Å². The lowest BCUT2D eigenvalue weighted by atomic mass is 10.1. The van der Waals surface area contributed by atoms with E-state index in [1.54, 1.807) is 7.11 Å². The monoisotopic (exact) mass is 283 g/mol. The quantitative estimate of drug-likeness (QED) is 0.689. The summed E-state index contributed by atoms with van der Waals surface area (Å²) in [5, 5.41) is 3.42. The number of hydrogen-bond acceptors (Lipinski definition) is 3. The molecule has 3 rings (SSSR count). The summed E-state index contributed by atoms with van der Waals surface area (Å²) in [4.78, 5) is 16.8. The highest BCUT2D eigenvalue weighted by molar-refractivity contribution is 5.75. The molecule has 0 aliphatic rings. The molecule has 3 N–H and O–H groups in total. The molecule has 3 aromatic rings. The van der Waals surface area contributed by atoms with Gasteiger partial charge in [-0.3, -0.25) is 0 Å². The third kappa shape index (κ3) is 2.76. The van der Waals surface area contributed by atoms with Crippen LogP contribution in [0.5, 0.6) is 5.75 Å². The van der Waals surface area contributed by atoms with Crippen molar-refractivity contribution in [1.82, 2.24) is 9.97 Å². The number of rotatable bonds is 4. The van der Waals surface area contributed by atoms with E-state index in [-0.39, 0.29) is 11.7 Å². The SMILES string of the molecule is COc1cccc(NC(C)c2ccc3[nH]c(=O)[nH]c3c2)c1. The topological polar surface area (TPSA) is 69.9 Å². The average Bonchev–Trinajstić information content (AvgIpc) is 2.86. The van der Waals surface area contributed by atoms with Gasteiger partial charge in [0, 0.05) is 17.8 Å². The predicted octanol–water partition coefficient (Wildman–Crippen LogP) is 3.04. The third-order valence-electron chi connectivity index (χ3n) is 3.49. The van der Waals surface area contributed by atoms with Crippen molar-refractivity contribution in [2.45, 2.75) is 13.0 Å². The van der Waals surface area contributed by atoms with E-state index in [4.69, 9.17) is 4.74 Å². The highest BCUT2D eigenvalue weighted by Crippen LogP contribution is 2.24. The van der Waals surface area contributed by atoms with Crippen LogP contribution in [0.3, 0.4) is 0 Å². The van der Waals surface area contributed by atoms with Gasteiger partial charge in [0.25, 0.3) is 0 Å². The molecule has 0 fully saturated rings.